The van der Waals surface area contributed by atoms with Gasteiger partial charge in [0.05, 0.1) is 26.1 Å². The van der Waals surface area contributed by atoms with E-state index in [2.05, 4.69) is 5.32 Å². The SMILES string of the molecule is CC[C@H](O)[C@@H]1C(=O)N2C(C(=O)O)=C(SCCNC(=O)OCc3ccc([N+](=O)[O-])cc3)S[C@]12Cc1ccc([N+](=O)[O-])cc1. The first-order valence-electron chi connectivity index (χ1n) is 12.7. The zero-order chi connectivity index (χ0) is 30.6. The number of nitro groups is 2. The summed E-state index contributed by atoms with van der Waals surface area (Å²) in [6.07, 6.45) is -1.34. The third-order valence-corrected chi connectivity index (χ3v) is 9.55. The molecule has 2 aliphatic heterocycles. The van der Waals surface area contributed by atoms with Gasteiger partial charge in [-0.25, -0.2) is 9.59 Å². The van der Waals surface area contributed by atoms with Crippen LogP contribution in [-0.4, -0.2) is 66.2 Å². The van der Waals surface area contributed by atoms with Gasteiger partial charge in [-0.05, 0) is 29.7 Å². The molecule has 2 aromatic rings. The number of nitro benzene ring substituents is 2. The Morgan fingerprint density at radius 2 is 1.67 bits per heavy atom. The summed E-state index contributed by atoms with van der Waals surface area (Å²) in [5.41, 5.74) is 0.780. The van der Waals surface area contributed by atoms with Gasteiger partial charge in [0.15, 0.2) is 5.70 Å². The number of hydrogen-bond donors (Lipinski definition) is 3. The first kappa shape index (κ1) is 30.8. The molecule has 0 aromatic heterocycles. The second kappa shape index (κ2) is 12.8. The minimum Gasteiger partial charge on any atom is -0.477 e. The highest BCUT2D eigenvalue weighted by Crippen LogP contribution is 2.62. The van der Waals surface area contributed by atoms with E-state index in [1.165, 1.54) is 41.3 Å². The van der Waals surface area contributed by atoms with Gasteiger partial charge in [0.1, 0.15) is 11.5 Å². The Morgan fingerprint density at radius 1 is 1.10 bits per heavy atom. The third kappa shape index (κ3) is 6.19. The normalized spacial score (nSPS) is 20.0. The maximum Gasteiger partial charge on any atom is 0.407 e. The topological polar surface area (TPSA) is 202 Å². The van der Waals surface area contributed by atoms with Crippen LogP contribution in [0.4, 0.5) is 16.2 Å². The molecule has 0 radical (unpaired) electrons. The molecule has 0 bridgehead atoms. The summed E-state index contributed by atoms with van der Waals surface area (Å²) in [6, 6.07) is 11.3. The predicted molar refractivity (Wildman–Crippen MR) is 152 cm³/mol. The molecule has 0 spiro atoms. The fourth-order valence-electron chi connectivity index (χ4n) is 4.75. The van der Waals surface area contributed by atoms with Crippen LogP contribution in [0.1, 0.15) is 24.5 Å². The number of nitrogens with zero attached hydrogens (tertiary/aromatic N) is 3. The largest absolute Gasteiger partial charge is 0.477 e. The third-order valence-electron chi connectivity index (χ3n) is 6.77. The van der Waals surface area contributed by atoms with E-state index in [4.69, 9.17) is 4.74 Å². The van der Waals surface area contributed by atoms with E-state index in [9.17, 15) is 44.8 Å². The predicted octanol–water partition coefficient (Wildman–Crippen LogP) is 3.63. The number of alkyl carbamates (subject to hydrolysis) is 1. The zero-order valence-corrected chi connectivity index (χ0v) is 23.8. The van der Waals surface area contributed by atoms with Crippen molar-refractivity contribution in [2.75, 3.05) is 12.3 Å². The molecule has 4 rings (SSSR count). The molecule has 2 aliphatic rings. The molecule has 2 heterocycles. The second-order valence-corrected chi connectivity index (χ2v) is 12.1. The molecule has 0 aliphatic carbocycles. The van der Waals surface area contributed by atoms with E-state index in [0.717, 1.165) is 23.5 Å². The number of aliphatic hydroxyl groups is 1. The summed E-state index contributed by atoms with van der Waals surface area (Å²) in [7, 11) is 0. The van der Waals surface area contributed by atoms with Crippen molar-refractivity contribution < 1.29 is 39.2 Å². The van der Waals surface area contributed by atoms with Crippen LogP contribution in [-0.2, 0) is 27.4 Å². The van der Waals surface area contributed by atoms with Crippen molar-refractivity contribution in [1.29, 1.82) is 0 Å². The fourth-order valence-corrected chi connectivity index (χ4v) is 7.86. The van der Waals surface area contributed by atoms with Gasteiger partial charge in [-0.1, -0.05) is 30.8 Å². The van der Waals surface area contributed by atoms with Gasteiger partial charge in [-0.3, -0.25) is 29.9 Å². The lowest BCUT2D eigenvalue weighted by molar-refractivity contribution is -0.385. The molecule has 1 saturated heterocycles. The lowest BCUT2D eigenvalue weighted by atomic mass is 9.77. The number of β-lactam (4-membered cyclic amide) rings is 1. The smallest absolute Gasteiger partial charge is 0.407 e. The molecular weight excluding hydrogens is 592 g/mol. The van der Waals surface area contributed by atoms with Crippen molar-refractivity contribution >= 4 is 52.9 Å². The molecule has 2 aromatic carbocycles. The summed E-state index contributed by atoms with van der Waals surface area (Å²) < 4.78 is 5.45. The summed E-state index contributed by atoms with van der Waals surface area (Å²) in [6.45, 7) is 1.71. The second-order valence-electron chi connectivity index (χ2n) is 9.39. The number of nitrogens with one attached hydrogen (secondary N) is 1. The maximum absolute atomic E-state index is 13.2. The lowest BCUT2D eigenvalue weighted by Gasteiger charge is -2.54. The lowest BCUT2D eigenvalue weighted by Crippen LogP contribution is -2.71. The van der Waals surface area contributed by atoms with Crippen molar-refractivity contribution in [1.82, 2.24) is 10.2 Å². The standard InChI is InChI=1S/C26H26N4O10S2/c1-2-19(31)20-22(32)28-21(23(33)34)24(42-26(20,28)13-15-3-7-17(8-4-15)29(36)37)41-12-11-27-25(35)40-14-16-5-9-18(10-6-16)30(38)39/h3-10,19-20,31H,2,11-14H2,1H3,(H,27,35)(H,33,34)/t19-,20+,26+/m0/s1. The molecule has 0 unspecified atom stereocenters. The van der Waals surface area contributed by atoms with Crippen LogP contribution in [0, 0.1) is 26.1 Å². The van der Waals surface area contributed by atoms with Gasteiger partial charge >= 0.3 is 12.1 Å². The van der Waals surface area contributed by atoms with Gasteiger partial charge in [-0.15, -0.1) is 11.8 Å². The Labute approximate surface area is 247 Å². The van der Waals surface area contributed by atoms with Crippen LogP contribution in [0.15, 0.2) is 58.5 Å². The number of amides is 2. The van der Waals surface area contributed by atoms with E-state index >= 15 is 0 Å². The highest BCUT2D eigenvalue weighted by atomic mass is 32.2. The van der Waals surface area contributed by atoms with Crippen molar-refractivity contribution in [2.45, 2.75) is 37.3 Å². The summed E-state index contributed by atoms with van der Waals surface area (Å²) >= 11 is 2.29. The molecule has 14 nitrogen and oxygen atoms in total. The molecular formula is C26H26N4O10S2. The van der Waals surface area contributed by atoms with E-state index in [1.807, 2.05) is 0 Å². The van der Waals surface area contributed by atoms with Crippen LogP contribution in [0.25, 0.3) is 0 Å². The minimum atomic E-state index is -1.32. The van der Waals surface area contributed by atoms with Crippen LogP contribution >= 0.6 is 23.5 Å². The summed E-state index contributed by atoms with van der Waals surface area (Å²) in [4.78, 5) is 58.3. The molecule has 1 fully saturated rings. The number of benzene rings is 2. The number of hydrogen-bond acceptors (Lipinski definition) is 11. The highest BCUT2D eigenvalue weighted by Gasteiger charge is 2.68. The van der Waals surface area contributed by atoms with Crippen LogP contribution < -0.4 is 5.32 Å². The minimum absolute atomic E-state index is 0.0865. The van der Waals surface area contributed by atoms with E-state index in [-0.39, 0.29) is 48.8 Å². The highest BCUT2D eigenvalue weighted by molar-refractivity contribution is 8.23. The van der Waals surface area contributed by atoms with Gasteiger partial charge in [0.2, 0.25) is 5.91 Å². The molecule has 42 heavy (non-hydrogen) atoms. The van der Waals surface area contributed by atoms with Crippen molar-refractivity contribution in [2.24, 2.45) is 5.92 Å². The van der Waals surface area contributed by atoms with Gasteiger partial charge in [-0.2, -0.15) is 0 Å². The van der Waals surface area contributed by atoms with Crippen LogP contribution in [0.5, 0.6) is 0 Å². The molecule has 3 atom stereocenters. The van der Waals surface area contributed by atoms with E-state index in [1.54, 1.807) is 19.1 Å². The molecule has 0 saturated carbocycles. The van der Waals surface area contributed by atoms with Gasteiger partial charge in [0.25, 0.3) is 11.4 Å². The number of carbonyl (C=O) groups excluding carboxylic acids is 2. The monoisotopic (exact) mass is 618 g/mol. The number of aliphatic carboxylic acids is 1. The Kier molecular flexibility index (Phi) is 9.38. The summed E-state index contributed by atoms with van der Waals surface area (Å²) in [5.74, 6) is -2.48. The van der Waals surface area contributed by atoms with E-state index < -0.39 is 44.7 Å². The number of ether oxygens (including phenoxy) is 1. The molecule has 222 valence electrons. The number of thioether (sulfide) groups is 2. The molecule has 3 N–H and O–H groups in total. The Hall–Kier alpha value is -4.15. The molecule has 2 amide bonds. The number of carbonyl (C=O) groups is 3. The van der Waals surface area contributed by atoms with Gasteiger partial charge < -0.3 is 20.3 Å². The summed E-state index contributed by atoms with van der Waals surface area (Å²) in [5, 5.41) is 45.1. The fraction of sp³-hybridized carbons (Fsp3) is 0.346. The maximum atomic E-state index is 13.2. The van der Waals surface area contributed by atoms with Crippen molar-refractivity contribution in [3.63, 3.8) is 0 Å². The van der Waals surface area contributed by atoms with Gasteiger partial charge in [0, 0.05) is 43.0 Å². The quantitative estimate of drug-likeness (QED) is 0.127. The first-order chi connectivity index (χ1) is 20.0. The average Bonchev–Trinajstić information content (AvgIpc) is 3.24. The number of non-ortho nitro benzene ring substituents is 2. The van der Waals surface area contributed by atoms with Crippen LogP contribution in [0.2, 0.25) is 0 Å². The van der Waals surface area contributed by atoms with Crippen molar-refractivity contribution in [3.8, 4) is 0 Å². The van der Waals surface area contributed by atoms with Crippen LogP contribution in [0.3, 0.4) is 0 Å². The first-order valence-corrected chi connectivity index (χ1v) is 14.5. The zero-order valence-electron chi connectivity index (χ0n) is 22.1. The number of carboxylic acid groups (broad SMARTS) is 1. The van der Waals surface area contributed by atoms with E-state index in [0.29, 0.717) is 15.4 Å². The number of fused-ring (bicyclic) bond motifs is 1. The number of aliphatic hydroxyl groups excluding tert-OH is 1. The van der Waals surface area contributed by atoms with Crippen molar-refractivity contribution in [3.05, 3.63) is 89.8 Å². The Morgan fingerprint density at radius 3 is 2.19 bits per heavy atom. The number of rotatable bonds is 13. The average molecular weight is 619 g/mol. The Balaban J connectivity index is 1.40. The molecule has 16 heteroatoms. The number of carboxylic acids is 1. The Bertz CT molecular complexity index is 1430.